The van der Waals surface area contributed by atoms with Crippen molar-refractivity contribution in [3.05, 3.63) is 53.1 Å². The number of hydrogen-bond acceptors (Lipinski definition) is 4. The van der Waals surface area contributed by atoms with E-state index in [1.54, 1.807) is 17.0 Å². The molecule has 0 atom stereocenters. The molecule has 3 rings (SSSR count). The van der Waals surface area contributed by atoms with Crippen molar-refractivity contribution in [2.45, 2.75) is 32.1 Å². The number of anilines is 1. The average molecular weight is 388 g/mol. The topological polar surface area (TPSA) is 75.7 Å². The summed E-state index contributed by atoms with van der Waals surface area (Å²) in [6.07, 6.45) is 0.661. The van der Waals surface area contributed by atoms with E-state index in [1.165, 1.54) is 13.0 Å². The Hall–Kier alpha value is -2.38. The predicted octanol–water partition coefficient (Wildman–Crippen LogP) is 2.57. The molecule has 0 spiro atoms. The van der Waals surface area contributed by atoms with Crippen molar-refractivity contribution in [2.75, 3.05) is 24.6 Å². The Morgan fingerprint density at radius 3 is 2.56 bits per heavy atom. The lowest BCUT2D eigenvalue weighted by molar-refractivity contribution is -0.116. The minimum absolute atomic E-state index is 0.0360. The highest BCUT2D eigenvalue weighted by atomic mass is 32.2. The van der Waals surface area contributed by atoms with Gasteiger partial charge in [0.05, 0.1) is 4.90 Å². The predicted molar refractivity (Wildman–Crippen MR) is 105 cm³/mol. The van der Waals surface area contributed by atoms with Crippen molar-refractivity contribution in [3.8, 4) is 5.75 Å². The van der Waals surface area contributed by atoms with Crippen LogP contribution in [0, 0.1) is 13.8 Å². The first kappa shape index (κ1) is 19.4. The van der Waals surface area contributed by atoms with Crippen LogP contribution < -0.4 is 14.4 Å². The molecular weight excluding hydrogens is 364 g/mol. The van der Waals surface area contributed by atoms with Crippen LogP contribution >= 0.6 is 0 Å². The van der Waals surface area contributed by atoms with Gasteiger partial charge in [-0.15, -0.1) is 0 Å². The highest BCUT2D eigenvalue weighted by molar-refractivity contribution is 7.89. The minimum atomic E-state index is -3.63. The normalized spacial score (nSPS) is 13.5. The van der Waals surface area contributed by atoms with Gasteiger partial charge in [0.2, 0.25) is 15.9 Å². The number of amides is 1. The smallest absolute Gasteiger partial charge is 0.240 e. The van der Waals surface area contributed by atoms with Gasteiger partial charge < -0.3 is 9.64 Å². The molecule has 27 heavy (non-hydrogen) atoms. The van der Waals surface area contributed by atoms with E-state index in [0.717, 1.165) is 28.1 Å². The number of aryl methyl sites for hydroxylation is 2. The lowest BCUT2D eigenvalue weighted by atomic mass is 10.1. The summed E-state index contributed by atoms with van der Waals surface area (Å²) in [4.78, 5) is 13.5. The molecule has 0 bridgehead atoms. The third-order valence-electron chi connectivity index (χ3n) is 4.69. The van der Waals surface area contributed by atoms with Crippen LogP contribution in [0.15, 0.2) is 41.3 Å². The number of carbonyl (C=O) groups is 1. The Bertz CT molecular complexity index is 950. The Morgan fingerprint density at radius 1 is 1.19 bits per heavy atom. The van der Waals surface area contributed by atoms with E-state index >= 15 is 0 Å². The zero-order valence-corrected chi connectivity index (χ0v) is 16.6. The van der Waals surface area contributed by atoms with Gasteiger partial charge >= 0.3 is 0 Å². The zero-order chi connectivity index (χ0) is 19.6. The van der Waals surface area contributed by atoms with Crippen molar-refractivity contribution in [2.24, 2.45) is 0 Å². The summed E-state index contributed by atoms with van der Waals surface area (Å²) in [6.45, 7) is 6.44. The van der Waals surface area contributed by atoms with E-state index < -0.39 is 10.0 Å². The molecule has 1 N–H and O–H groups in total. The molecule has 0 unspecified atom stereocenters. The van der Waals surface area contributed by atoms with Crippen LogP contribution in [0.3, 0.4) is 0 Å². The van der Waals surface area contributed by atoms with E-state index in [2.05, 4.69) is 4.72 Å². The molecule has 1 amide bonds. The number of rotatable bonds is 6. The maximum absolute atomic E-state index is 12.5. The standard InChI is InChI=1S/C20H24N2O4S/c1-14-5-4-6-15(2)20(14)26-12-10-21-27(24,25)18-7-8-19-17(13-18)9-11-22(19)16(3)23/h4-8,13,21H,9-12H2,1-3H3. The largest absolute Gasteiger partial charge is 0.492 e. The van der Waals surface area contributed by atoms with Gasteiger partial charge in [-0.3, -0.25) is 4.79 Å². The van der Waals surface area contributed by atoms with Crippen LogP contribution in [0.2, 0.25) is 0 Å². The molecule has 1 aliphatic heterocycles. The fraction of sp³-hybridized carbons (Fsp3) is 0.350. The number of sulfonamides is 1. The van der Waals surface area contributed by atoms with Crippen LogP contribution in [-0.4, -0.2) is 34.0 Å². The zero-order valence-electron chi connectivity index (χ0n) is 15.8. The molecule has 0 fully saturated rings. The molecule has 2 aromatic rings. The SMILES string of the molecule is CC(=O)N1CCc2cc(S(=O)(=O)NCCOc3c(C)cccc3C)ccc21. The number of hydrogen-bond donors (Lipinski definition) is 1. The molecule has 0 saturated carbocycles. The van der Waals surface area contributed by atoms with Crippen LogP contribution in [0.1, 0.15) is 23.6 Å². The van der Waals surface area contributed by atoms with Crippen molar-refractivity contribution >= 4 is 21.6 Å². The van der Waals surface area contributed by atoms with E-state index in [0.29, 0.717) is 13.0 Å². The summed E-state index contributed by atoms with van der Waals surface area (Å²) in [5.41, 5.74) is 3.71. The van der Waals surface area contributed by atoms with E-state index in [-0.39, 0.29) is 24.0 Å². The Labute approximate surface area is 160 Å². The van der Waals surface area contributed by atoms with Gasteiger partial charge in [0, 0.05) is 25.7 Å². The highest BCUT2D eigenvalue weighted by Gasteiger charge is 2.24. The molecule has 144 valence electrons. The third kappa shape index (κ3) is 4.14. The summed E-state index contributed by atoms with van der Waals surface area (Å²) in [5.74, 6) is 0.754. The molecule has 1 heterocycles. The minimum Gasteiger partial charge on any atom is -0.492 e. The number of ether oxygens (including phenoxy) is 1. The summed E-state index contributed by atoms with van der Waals surface area (Å²) < 4.78 is 33.4. The summed E-state index contributed by atoms with van der Waals surface area (Å²) in [7, 11) is -3.63. The van der Waals surface area contributed by atoms with Crippen LogP contribution in [0.25, 0.3) is 0 Å². The second-order valence-electron chi connectivity index (χ2n) is 6.68. The van der Waals surface area contributed by atoms with E-state index in [4.69, 9.17) is 4.74 Å². The summed E-state index contributed by atoms with van der Waals surface area (Å²) in [5, 5.41) is 0. The molecule has 6 nitrogen and oxygen atoms in total. The Balaban J connectivity index is 1.63. The molecule has 0 aliphatic carbocycles. The molecule has 0 aromatic heterocycles. The maximum Gasteiger partial charge on any atom is 0.240 e. The average Bonchev–Trinajstić information content (AvgIpc) is 3.04. The highest BCUT2D eigenvalue weighted by Crippen LogP contribution is 2.30. The van der Waals surface area contributed by atoms with Gasteiger partial charge in [-0.1, -0.05) is 18.2 Å². The monoisotopic (exact) mass is 388 g/mol. The summed E-state index contributed by atoms with van der Waals surface area (Å²) >= 11 is 0. The third-order valence-corrected chi connectivity index (χ3v) is 6.14. The van der Waals surface area contributed by atoms with Crippen LogP contribution in [-0.2, 0) is 21.2 Å². The number of carbonyl (C=O) groups excluding carboxylic acids is 1. The Morgan fingerprint density at radius 2 is 1.89 bits per heavy atom. The van der Waals surface area contributed by atoms with E-state index in [1.807, 2.05) is 32.0 Å². The molecule has 1 aliphatic rings. The van der Waals surface area contributed by atoms with E-state index in [9.17, 15) is 13.2 Å². The van der Waals surface area contributed by atoms with Gasteiger partial charge in [-0.05, 0) is 55.2 Å². The quantitative estimate of drug-likeness (QED) is 0.772. The van der Waals surface area contributed by atoms with Crippen LogP contribution in [0.4, 0.5) is 5.69 Å². The van der Waals surface area contributed by atoms with Gasteiger partial charge in [0.1, 0.15) is 12.4 Å². The molecule has 0 saturated heterocycles. The maximum atomic E-state index is 12.5. The number of nitrogens with zero attached hydrogens (tertiary/aromatic N) is 1. The van der Waals surface area contributed by atoms with Crippen molar-refractivity contribution in [1.29, 1.82) is 0 Å². The first-order valence-electron chi connectivity index (χ1n) is 8.89. The van der Waals surface area contributed by atoms with Crippen molar-refractivity contribution in [3.63, 3.8) is 0 Å². The molecule has 2 aromatic carbocycles. The first-order chi connectivity index (χ1) is 12.8. The number of para-hydroxylation sites is 1. The fourth-order valence-corrected chi connectivity index (χ4v) is 4.37. The fourth-order valence-electron chi connectivity index (χ4n) is 3.31. The second kappa shape index (κ2) is 7.70. The second-order valence-corrected chi connectivity index (χ2v) is 8.45. The number of benzene rings is 2. The Kier molecular flexibility index (Phi) is 5.53. The first-order valence-corrected chi connectivity index (χ1v) is 10.4. The van der Waals surface area contributed by atoms with Gasteiger partial charge in [-0.2, -0.15) is 0 Å². The lowest BCUT2D eigenvalue weighted by Crippen LogP contribution is -2.28. The molecule has 7 heteroatoms. The lowest BCUT2D eigenvalue weighted by Gasteiger charge is -2.15. The number of nitrogens with one attached hydrogen (secondary N) is 1. The van der Waals surface area contributed by atoms with Crippen LogP contribution in [0.5, 0.6) is 5.75 Å². The molecular formula is C20H24N2O4S. The number of fused-ring (bicyclic) bond motifs is 1. The molecule has 0 radical (unpaired) electrons. The van der Waals surface area contributed by atoms with Gasteiger partial charge in [0.25, 0.3) is 0 Å². The van der Waals surface area contributed by atoms with Crippen molar-refractivity contribution in [1.82, 2.24) is 4.72 Å². The van der Waals surface area contributed by atoms with Gasteiger partial charge in [-0.25, -0.2) is 13.1 Å². The van der Waals surface area contributed by atoms with Crippen molar-refractivity contribution < 1.29 is 17.9 Å². The van der Waals surface area contributed by atoms with Gasteiger partial charge in [0.15, 0.2) is 0 Å². The summed E-state index contributed by atoms with van der Waals surface area (Å²) in [6, 6.07) is 10.8.